The summed E-state index contributed by atoms with van der Waals surface area (Å²) in [4.78, 5) is 31.5. The molecule has 7 heteroatoms. The van der Waals surface area contributed by atoms with Gasteiger partial charge in [0.1, 0.15) is 5.60 Å². The van der Waals surface area contributed by atoms with E-state index in [0.717, 1.165) is 22.2 Å². The van der Waals surface area contributed by atoms with E-state index in [4.69, 9.17) is 16.3 Å². The molecule has 4 heterocycles. The van der Waals surface area contributed by atoms with E-state index in [1.165, 1.54) is 0 Å². The lowest BCUT2D eigenvalue weighted by Gasteiger charge is -2.23. The van der Waals surface area contributed by atoms with Crippen LogP contribution in [-0.4, -0.2) is 41.6 Å². The van der Waals surface area contributed by atoms with E-state index < -0.39 is 17.4 Å². The summed E-state index contributed by atoms with van der Waals surface area (Å²) in [5, 5.41) is 4.83. The summed E-state index contributed by atoms with van der Waals surface area (Å²) < 4.78 is 6.21. The van der Waals surface area contributed by atoms with Gasteiger partial charge in [0, 0.05) is 34.4 Å². The van der Waals surface area contributed by atoms with Crippen LogP contribution in [-0.2, 0) is 20.7 Å². The number of ether oxygens (including phenoxy) is 1. The highest BCUT2D eigenvalue weighted by Gasteiger charge is 2.67. The molecule has 2 amide bonds. The summed E-state index contributed by atoms with van der Waals surface area (Å²) in [6, 6.07) is 15.3. The number of aromatic nitrogens is 1. The zero-order valence-corrected chi connectivity index (χ0v) is 18.0. The van der Waals surface area contributed by atoms with E-state index >= 15 is 0 Å². The van der Waals surface area contributed by atoms with E-state index in [0.29, 0.717) is 24.5 Å². The van der Waals surface area contributed by atoms with Crippen molar-refractivity contribution in [1.29, 1.82) is 0 Å². The Hall–Kier alpha value is -3.09. The number of hydrogen-bond donors (Lipinski definition) is 2. The molecule has 1 spiro atoms. The smallest absolute Gasteiger partial charge is 0.234 e. The number of anilines is 1. The average Bonchev–Trinajstić information content (AvgIpc) is 3.54. The van der Waals surface area contributed by atoms with Crippen molar-refractivity contribution in [2.24, 2.45) is 11.8 Å². The molecule has 3 unspecified atom stereocenters. The van der Waals surface area contributed by atoms with E-state index in [1.807, 2.05) is 48.7 Å². The third-order valence-corrected chi connectivity index (χ3v) is 7.16. The number of aromatic amines is 1. The van der Waals surface area contributed by atoms with Crippen LogP contribution in [0, 0.1) is 11.8 Å². The highest BCUT2D eigenvalue weighted by atomic mass is 35.5. The monoisotopic (exact) mass is 447 g/mol. The largest absolute Gasteiger partial charge is 0.361 e. The minimum absolute atomic E-state index is 0.0732. The van der Waals surface area contributed by atoms with Crippen molar-refractivity contribution in [1.82, 2.24) is 10.3 Å². The van der Waals surface area contributed by atoms with E-state index in [-0.39, 0.29) is 17.9 Å². The summed E-state index contributed by atoms with van der Waals surface area (Å²) in [5.41, 5.74) is 2.27. The van der Waals surface area contributed by atoms with Crippen LogP contribution in [0.1, 0.15) is 5.56 Å². The van der Waals surface area contributed by atoms with Crippen LogP contribution in [0.15, 0.2) is 66.9 Å². The van der Waals surface area contributed by atoms with Crippen LogP contribution in [0.4, 0.5) is 5.69 Å². The predicted octanol–water partition coefficient (Wildman–Crippen LogP) is 3.47. The lowest BCUT2D eigenvalue weighted by molar-refractivity contribution is -0.131. The number of amides is 2. The molecule has 6 nitrogen and oxygen atoms in total. The van der Waals surface area contributed by atoms with Gasteiger partial charge in [0.2, 0.25) is 11.8 Å². The Balaban J connectivity index is 1.18. The zero-order valence-electron chi connectivity index (χ0n) is 17.3. The fourth-order valence-electron chi connectivity index (χ4n) is 5.41. The second kappa shape index (κ2) is 7.22. The number of fused-ring (bicyclic) bond motifs is 2. The molecule has 3 aromatic rings. The Labute approximate surface area is 190 Å². The maximum atomic E-state index is 13.4. The zero-order chi connectivity index (χ0) is 21.9. The molecule has 4 atom stereocenters. The minimum Gasteiger partial charge on any atom is -0.361 e. The van der Waals surface area contributed by atoms with E-state index in [2.05, 4.69) is 16.4 Å². The fourth-order valence-corrected chi connectivity index (χ4v) is 5.54. The molecule has 3 aliphatic heterocycles. The molecule has 0 saturated carbocycles. The van der Waals surface area contributed by atoms with Gasteiger partial charge in [-0.05, 0) is 42.3 Å². The molecule has 6 rings (SSSR count). The number of carbonyl (C=O) groups is 2. The predicted molar refractivity (Wildman–Crippen MR) is 123 cm³/mol. The van der Waals surface area contributed by atoms with Gasteiger partial charge in [0.15, 0.2) is 0 Å². The van der Waals surface area contributed by atoms with Gasteiger partial charge in [0.05, 0.1) is 24.5 Å². The van der Waals surface area contributed by atoms with Gasteiger partial charge < -0.3 is 19.9 Å². The second-order valence-electron chi connectivity index (χ2n) is 8.70. The third kappa shape index (κ3) is 2.90. The first kappa shape index (κ1) is 19.6. The molecule has 2 aromatic carbocycles. The number of nitrogens with zero attached hydrogens (tertiary/aromatic N) is 1. The van der Waals surface area contributed by atoms with E-state index in [1.54, 1.807) is 17.0 Å². The van der Waals surface area contributed by atoms with Crippen LogP contribution in [0.2, 0.25) is 5.02 Å². The van der Waals surface area contributed by atoms with Gasteiger partial charge in [-0.2, -0.15) is 0 Å². The van der Waals surface area contributed by atoms with Gasteiger partial charge in [0.25, 0.3) is 0 Å². The number of hydrogen-bond acceptors (Lipinski definition) is 3. The summed E-state index contributed by atoms with van der Waals surface area (Å²) in [5.74, 6) is -1.23. The van der Waals surface area contributed by atoms with Crippen LogP contribution in [0.5, 0.6) is 0 Å². The lowest BCUT2D eigenvalue weighted by Crippen LogP contribution is -2.44. The molecular formula is C25H22ClN3O3. The van der Waals surface area contributed by atoms with Crippen molar-refractivity contribution in [3.8, 4) is 0 Å². The molecule has 1 aromatic heterocycles. The summed E-state index contributed by atoms with van der Waals surface area (Å²) in [6.07, 6.45) is 6.24. The normalized spacial score (nSPS) is 28.0. The minimum atomic E-state index is -0.736. The Bertz CT molecular complexity index is 1250. The van der Waals surface area contributed by atoms with Crippen LogP contribution < -0.4 is 10.2 Å². The van der Waals surface area contributed by atoms with Gasteiger partial charge in [-0.15, -0.1) is 0 Å². The van der Waals surface area contributed by atoms with Gasteiger partial charge in [-0.3, -0.25) is 9.59 Å². The van der Waals surface area contributed by atoms with Crippen LogP contribution >= 0.6 is 11.6 Å². The van der Waals surface area contributed by atoms with Crippen molar-refractivity contribution in [3.05, 3.63) is 77.5 Å². The number of halogens is 1. The lowest BCUT2D eigenvalue weighted by atomic mass is 9.77. The number of para-hydroxylation sites is 1. The first-order chi connectivity index (χ1) is 15.6. The number of nitrogens with one attached hydrogen (secondary N) is 2. The number of H-pyrrole nitrogens is 1. The quantitative estimate of drug-likeness (QED) is 0.588. The molecule has 2 bridgehead atoms. The third-order valence-electron chi connectivity index (χ3n) is 6.91. The molecule has 2 N–H and O–H groups in total. The number of benzene rings is 2. The topological polar surface area (TPSA) is 74.4 Å². The summed E-state index contributed by atoms with van der Waals surface area (Å²) in [6.45, 7) is 0.909. The highest BCUT2D eigenvalue weighted by Crippen LogP contribution is 2.52. The molecule has 0 aliphatic carbocycles. The molecule has 3 aliphatic rings. The fraction of sp³-hybridized carbons (Fsp3) is 0.280. The summed E-state index contributed by atoms with van der Waals surface area (Å²) >= 11 is 6.00. The first-order valence-electron chi connectivity index (χ1n) is 10.8. The highest BCUT2D eigenvalue weighted by molar-refractivity contribution is 6.30. The average molecular weight is 448 g/mol. The van der Waals surface area contributed by atoms with Crippen molar-refractivity contribution in [2.45, 2.75) is 18.1 Å². The van der Waals surface area contributed by atoms with Crippen molar-refractivity contribution in [2.75, 3.05) is 18.0 Å². The van der Waals surface area contributed by atoms with Crippen LogP contribution in [0.3, 0.4) is 0 Å². The number of rotatable bonds is 5. The SMILES string of the molecule is O=C(NCCc1c[nH]c2ccccc12)C1C2C=C[C@]3(CN(c4ccc(Cl)cc4)C(=O)C13)O2. The van der Waals surface area contributed by atoms with Gasteiger partial charge in [-0.25, -0.2) is 0 Å². The Kier molecular flexibility index (Phi) is 4.42. The molecule has 32 heavy (non-hydrogen) atoms. The van der Waals surface area contributed by atoms with Gasteiger partial charge >= 0.3 is 0 Å². The Morgan fingerprint density at radius 3 is 2.88 bits per heavy atom. The Morgan fingerprint density at radius 1 is 1.22 bits per heavy atom. The van der Waals surface area contributed by atoms with E-state index in [9.17, 15) is 9.59 Å². The Morgan fingerprint density at radius 2 is 2.03 bits per heavy atom. The number of carbonyl (C=O) groups excluding carboxylic acids is 2. The molecule has 0 radical (unpaired) electrons. The van der Waals surface area contributed by atoms with Crippen molar-refractivity contribution in [3.63, 3.8) is 0 Å². The molecule has 2 fully saturated rings. The van der Waals surface area contributed by atoms with Crippen molar-refractivity contribution < 1.29 is 14.3 Å². The van der Waals surface area contributed by atoms with Crippen LogP contribution in [0.25, 0.3) is 10.9 Å². The second-order valence-corrected chi connectivity index (χ2v) is 9.14. The standard InChI is InChI=1S/C25H22ClN3O3/c26-16-5-7-17(8-6-16)29-14-25-11-9-20(32-25)21(22(25)24(29)31)23(30)27-12-10-15-13-28-19-4-2-1-3-18(15)19/h1-9,11,13,20-22,28H,10,12,14H2,(H,27,30)/t20?,21?,22?,25-/m1/s1. The van der Waals surface area contributed by atoms with Gasteiger partial charge in [-0.1, -0.05) is 42.0 Å². The molecule has 162 valence electrons. The molecular weight excluding hydrogens is 426 g/mol. The first-order valence-corrected chi connectivity index (χ1v) is 11.2. The molecule has 2 saturated heterocycles. The van der Waals surface area contributed by atoms with Crippen molar-refractivity contribution >= 4 is 40.0 Å². The summed E-state index contributed by atoms with van der Waals surface area (Å²) in [7, 11) is 0. The maximum Gasteiger partial charge on any atom is 0.234 e. The maximum absolute atomic E-state index is 13.4.